The Morgan fingerprint density at radius 2 is 2.31 bits per heavy atom. The van der Waals surface area contributed by atoms with Crippen molar-refractivity contribution in [3.8, 4) is 0 Å². The predicted molar refractivity (Wildman–Crippen MR) is 67.7 cm³/mol. The molecule has 0 saturated heterocycles. The van der Waals surface area contributed by atoms with Gasteiger partial charge in [0.05, 0.1) is 12.7 Å². The normalized spacial score (nSPS) is 24.0. The number of halogens is 2. The van der Waals surface area contributed by atoms with Gasteiger partial charge < -0.3 is 9.84 Å². The third kappa shape index (κ3) is 2.31. The summed E-state index contributed by atoms with van der Waals surface area (Å²) in [6, 6.07) is 0. The quantitative estimate of drug-likeness (QED) is 0.851. The minimum absolute atomic E-state index is 0.124. The van der Waals surface area contributed by atoms with Gasteiger partial charge in [-0.05, 0) is 49.9 Å². The molecule has 1 N–H and O–H groups in total. The molecule has 0 radical (unpaired) electrons. The van der Waals surface area contributed by atoms with Crippen molar-refractivity contribution in [2.75, 3.05) is 6.61 Å². The number of carboxylic acids is 1. The molecule has 0 fully saturated rings. The van der Waals surface area contributed by atoms with Gasteiger partial charge in [-0.15, -0.1) is 0 Å². The SMILES string of the molecule is O=C(O)CCC1OCC=C2C=C(Br)C(Br)=C21. The zero-order chi connectivity index (χ0) is 11.7. The van der Waals surface area contributed by atoms with Gasteiger partial charge in [0.25, 0.3) is 0 Å². The summed E-state index contributed by atoms with van der Waals surface area (Å²) in [7, 11) is 0. The van der Waals surface area contributed by atoms with E-state index in [4.69, 9.17) is 9.84 Å². The highest BCUT2D eigenvalue weighted by Crippen LogP contribution is 2.42. The lowest BCUT2D eigenvalue weighted by atomic mass is 9.98. The van der Waals surface area contributed by atoms with Crippen LogP contribution in [0.15, 0.2) is 32.3 Å². The van der Waals surface area contributed by atoms with Crippen LogP contribution in [0.25, 0.3) is 0 Å². The maximum absolute atomic E-state index is 10.6. The molecule has 0 amide bonds. The Labute approximate surface area is 110 Å². The number of hydrogen-bond donors (Lipinski definition) is 1. The smallest absolute Gasteiger partial charge is 0.303 e. The Kier molecular flexibility index (Phi) is 3.66. The number of aliphatic carboxylic acids is 1. The van der Waals surface area contributed by atoms with Gasteiger partial charge in [0.1, 0.15) is 0 Å². The van der Waals surface area contributed by atoms with Crippen LogP contribution in [0.5, 0.6) is 0 Å². The summed E-state index contributed by atoms with van der Waals surface area (Å²) >= 11 is 6.93. The number of fused-ring (bicyclic) bond motifs is 1. The molecule has 16 heavy (non-hydrogen) atoms. The number of rotatable bonds is 3. The summed E-state index contributed by atoms with van der Waals surface area (Å²) in [5.74, 6) is -0.790. The van der Waals surface area contributed by atoms with Crippen LogP contribution in [-0.4, -0.2) is 23.8 Å². The first kappa shape index (κ1) is 12.1. The second-order valence-corrected chi connectivity index (χ2v) is 5.28. The summed E-state index contributed by atoms with van der Waals surface area (Å²) < 4.78 is 7.53. The van der Waals surface area contributed by atoms with Gasteiger partial charge in [-0.1, -0.05) is 6.08 Å². The third-order valence-corrected chi connectivity index (χ3v) is 4.59. The van der Waals surface area contributed by atoms with Crippen LogP contribution in [-0.2, 0) is 9.53 Å². The largest absolute Gasteiger partial charge is 0.481 e. The molecule has 1 heterocycles. The second-order valence-electron chi connectivity index (χ2n) is 3.63. The summed E-state index contributed by atoms with van der Waals surface area (Å²) in [6.45, 7) is 0.542. The number of carbonyl (C=O) groups is 1. The fourth-order valence-corrected chi connectivity index (χ4v) is 2.91. The van der Waals surface area contributed by atoms with Crippen molar-refractivity contribution in [3.63, 3.8) is 0 Å². The fraction of sp³-hybridized carbons (Fsp3) is 0.364. The van der Waals surface area contributed by atoms with Crippen LogP contribution in [0, 0.1) is 0 Å². The average Bonchev–Trinajstić information content (AvgIpc) is 2.52. The van der Waals surface area contributed by atoms with E-state index in [1.165, 1.54) is 0 Å². The number of allylic oxidation sites excluding steroid dienone is 3. The summed E-state index contributed by atoms with van der Waals surface area (Å²) in [6.07, 6.45) is 4.53. The van der Waals surface area contributed by atoms with Crippen LogP contribution < -0.4 is 0 Å². The summed E-state index contributed by atoms with van der Waals surface area (Å²) in [4.78, 5) is 10.6. The molecule has 0 spiro atoms. The maximum Gasteiger partial charge on any atom is 0.303 e. The molecule has 2 rings (SSSR count). The van der Waals surface area contributed by atoms with E-state index in [-0.39, 0.29) is 12.5 Å². The first-order valence-corrected chi connectivity index (χ1v) is 6.49. The molecule has 1 atom stereocenters. The maximum atomic E-state index is 10.6. The number of carboxylic acid groups (broad SMARTS) is 1. The molecule has 5 heteroatoms. The topological polar surface area (TPSA) is 46.5 Å². The van der Waals surface area contributed by atoms with Crippen molar-refractivity contribution in [1.82, 2.24) is 0 Å². The van der Waals surface area contributed by atoms with Gasteiger partial charge in [0.2, 0.25) is 0 Å². The van der Waals surface area contributed by atoms with Gasteiger partial charge >= 0.3 is 5.97 Å². The van der Waals surface area contributed by atoms with Crippen molar-refractivity contribution in [2.45, 2.75) is 18.9 Å². The fourth-order valence-electron chi connectivity index (χ4n) is 1.85. The summed E-state index contributed by atoms with van der Waals surface area (Å²) in [5, 5.41) is 8.68. The second kappa shape index (κ2) is 4.85. The molecule has 0 bridgehead atoms. The predicted octanol–water partition coefficient (Wildman–Crippen LogP) is 3.12. The molecular formula is C11H10Br2O3. The molecule has 1 unspecified atom stereocenters. The van der Waals surface area contributed by atoms with Gasteiger partial charge in [0, 0.05) is 21.0 Å². The van der Waals surface area contributed by atoms with Crippen LogP contribution in [0.3, 0.4) is 0 Å². The van der Waals surface area contributed by atoms with Gasteiger partial charge in [-0.2, -0.15) is 0 Å². The van der Waals surface area contributed by atoms with E-state index in [1.807, 2.05) is 12.2 Å². The molecule has 2 aliphatic rings. The highest BCUT2D eigenvalue weighted by molar-refractivity contribution is 9.15. The van der Waals surface area contributed by atoms with E-state index in [2.05, 4.69) is 31.9 Å². The zero-order valence-corrected chi connectivity index (χ0v) is 11.5. The van der Waals surface area contributed by atoms with E-state index in [0.29, 0.717) is 13.0 Å². The van der Waals surface area contributed by atoms with E-state index >= 15 is 0 Å². The van der Waals surface area contributed by atoms with E-state index in [0.717, 1.165) is 20.1 Å². The molecule has 3 nitrogen and oxygen atoms in total. The first-order chi connectivity index (χ1) is 7.59. The summed E-state index contributed by atoms with van der Waals surface area (Å²) in [5.41, 5.74) is 2.18. The molecule has 1 aliphatic heterocycles. The monoisotopic (exact) mass is 348 g/mol. The van der Waals surface area contributed by atoms with Crippen molar-refractivity contribution in [2.24, 2.45) is 0 Å². The van der Waals surface area contributed by atoms with Gasteiger partial charge in [-0.25, -0.2) is 0 Å². The van der Waals surface area contributed by atoms with Crippen molar-refractivity contribution < 1.29 is 14.6 Å². The standard InChI is InChI=1S/C11H10Br2O3/c12-7-5-6-3-4-16-8(1-2-9(14)15)10(6)11(7)13/h3,5,8H,1-2,4H2,(H,14,15). The molecule has 1 aliphatic carbocycles. The van der Waals surface area contributed by atoms with Crippen LogP contribution in [0.4, 0.5) is 0 Å². The Bertz CT molecular complexity index is 421. The molecule has 0 aromatic heterocycles. The Morgan fingerprint density at radius 1 is 1.56 bits per heavy atom. The molecule has 0 aromatic carbocycles. The number of hydrogen-bond acceptors (Lipinski definition) is 2. The van der Waals surface area contributed by atoms with E-state index in [1.54, 1.807) is 0 Å². The van der Waals surface area contributed by atoms with Gasteiger partial charge in [0.15, 0.2) is 0 Å². The minimum atomic E-state index is -0.790. The lowest BCUT2D eigenvalue weighted by Crippen LogP contribution is -2.22. The average molecular weight is 350 g/mol. The highest BCUT2D eigenvalue weighted by Gasteiger charge is 2.29. The van der Waals surface area contributed by atoms with Crippen molar-refractivity contribution in [3.05, 3.63) is 32.3 Å². The van der Waals surface area contributed by atoms with Crippen molar-refractivity contribution >= 4 is 37.8 Å². The van der Waals surface area contributed by atoms with Crippen LogP contribution in [0.2, 0.25) is 0 Å². The minimum Gasteiger partial charge on any atom is -0.481 e. The van der Waals surface area contributed by atoms with Crippen LogP contribution in [0.1, 0.15) is 12.8 Å². The highest BCUT2D eigenvalue weighted by atomic mass is 79.9. The molecular weight excluding hydrogens is 340 g/mol. The van der Waals surface area contributed by atoms with E-state index < -0.39 is 5.97 Å². The van der Waals surface area contributed by atoms with Gasteiger partial charge in [-0.3, -0.25) is 4.79 Å². The lowest BCUT2D eigenvalue weighted by molar-refractivity contribution is -0.137. The van der Waals surface area contributed by atoms with Crippen LogP contribution >= 0.6 is 31.9 Å². The Balaban J connectivity index is 2.18. The molecule has 0 aromatic rings. The Hall–Kier alpha value is -0.390. The first-order valence-electron chi connectivity index (χ1n) is 4.90. The van der Waals surface area contributed by atoms with E-state index in [9.17, 15) is 4.79 Å². The molecule has 86 valence electrons. The third-order valence-electron chi connectivity index (χ3n) is 2.58. The Morgan fingerprint density at radius 3 is 3.00 bits per heavy atom. The van der Waals surface area contributed by atoms with Crippen molar-refractivity contribution in [1.29, 1.82) is 0 Å². The zero-order valence-electron chi connectivity index (χ0n) is 8.37. The number of ether oxygens (including phenoxy) is 1. The molecule has 0 saturated carbocycles. The lowest BCUT2D eigenvalue weighted by Gasteiger charge is -2.24.